The van der Waals surface area contributed by atoms with Crippen molar-refractivity contribution < 1.29 is 17.9 Å². The molecule has 4 nitrogen and oxygen atoms in total. The van der Waals surface area contributed by atoms with Crippen LogP contribution in [0.3, 0.4) is 0 Å². The first-order valence-electron chi connectivity index (χ1n) is 6.39. The lowest BCUT2D eigenvalue weighted by Crippen LogP contribution is -2.32. The number of aliphatic hydroxyl groups is 1. The third-order valence-electron chi connectivity index (χ3n) is 3.71. The molecular weight excluding hydrogens is 269 g/mol. The van der Waals surface area contributed by atoms with Crippen LogP contribution >= 0.6 is 0 Å². The van der Waals surface area contributed by atoms with Crippen LogP contribution in [0.2, 0.25) is 0 Å². The minimum atomic E-state index is -3.82. The predicted octanol–water partition coefficient (Wildman–Crippen LogP) is 1.51. The Bertz CT molecular complexity index is 532. The van der Waals surface area contributed by atoms with Crippen molar-refractivity contribution in [3.05, 3.63) is 30.1 Å². The molecule has 6 heteroatoms. The Morgan fingerprint density at radius 1 is 1.26 bits per heavy atom. The third kappa shape index (κ3) is 3.32. The average Bonchev–Trinajstić information content (AvgIpc) is 2.84. The zero-order valence-corrected chi connectivity index (χ0v) is 11.4. The molecule has 106 valence electrons. The Kier molecular flexibility index (Phi) is 4.54. The Labute approximate surface area is 112 Å². The van der Waals surface area contributed by atoms with Gasteiger partial charge in [-0.25, -0.2) is 17.5 Å². The number of sulfonamides is 1. The number of hydrogen-bond donors (Lipinski definition) is 2. The number of rotatable bonds is 5. The second kappa shape index (κ2) is 5.98. The maximum Gasteiger partial charge on any atom is 0.243 e. The highest BCUT2D eigenvalue weighted by Crippen LogP contribution is 2.31. The van der Waals surface area contributed by atoms with Crippen LogP contribution in [0, 0.1) is 17.7 Å². The molecule has 0 radical (unpaired) electrons. The SMILES string of the molecule is O=S(=O)(NCC1CCCC1CO)c1ccccc1F. The van der Waals surface area contributed by atoms with E-state index in [1.807, 2.05) is 0 Å². The summed E-state index contributed by atoms with van der Waals surface area (Å²) in [5, 5.41) is 9.19. The van der Waals surface area contributed by atoms with Gasteiger partial charge in [-0.05, 0) is 36.8 Å². The summed E-state index contributed by atoms with van der Waals surface area (Å²) in [7, 11) is -3.82. The summed E-state index contributed by atoms with van der Waals surface area (Å²) in [6, 6.07) is 5.31. The molecular formula is C13H18FNO3S. The third-order valence-corrected chi connectivity index (χ3v) is 5.17. The number of aliphatic hydroxyl groups excluding tert-OH is 1. The quantitative estimate of drug-likeness (QED) is 0.862. The van der Waals surface area contributed by atoms with Gasteiger partial charge in [0.2, 0.25) is 10.0 Å². The Hall–Kier alpha value is -0.980. The molecule has 0 saturated heterocycles. The molecule has 2 rings (SSSR count). The van der Waals surface area contributed by atoms with E-state index in [1.165, 1.54) is 18.2 Å². The molecule has 1 aliphatic carbocycles. The first kappa shape index (κ1) is 14.4. The number of halogens is 1. The molecule has 0 heterocycles. The van der Waals surface area contributed by atoms with E-state index in [0.29, 0.717) is 0 Å². The van der Waals surface area contributed by atoms with Crippen LogP contribution in [0.15, 0.2) is 29.2 Å². The zero-order valence-electron chi connectivity index (χ0n) is 10.5. The van der Waals surface area contributed by atoms with Crippen molar-refractivity contribution in [2.75, 3.05) is 13.2 Å². The van der Waals surface area contributed by atoms with E-state index in [2.05, 4.69) is 4.72 Å². The summed E-state index contributed by atoms with van der Waals surface area (Å²) < 4.78 is 39.9. The van der Waals surface area contributed by atoms with E-state index >= 15 is 0 Å². The minimum absolute atomic E-state index is 0.0755. The maximum absolute atomic E-state index is 13.5. The number of hydrogen-bond acceptors (Lipinski definition) is 3. The summed E-state index contributed by atoms with van der Waals surface area (Å²) in [6.45, 7) is 0.327. The molecule has 1 aliphatic rings. The minimum Gasteiger partial charge on any atom is -0.396 e. The van der Waals surface area contributed by atoms with Crippen LogP contribution in [-0.4, -0.2) is 26.7 Å². The van der Waals surface area contributed by atoms with Crippen molar-refractivity contribution in [1.82, 2.24) is 4.72 Å². The van der Waals surface area contributed by atoms with E-state index in [-0.39, 0.29) is 29.9 Å². The molecule has 2 atom stereocenters. The van der Waals surface area contributed by atoms with Crippen LogP contribution in [0.5, 0.6) is 0 Å². The highest BCUT2D eigenvalue weighted by Gasteiger charge is 2.28. The van der Waals surface area contributed by atoms with Crippen molar-refractivity contribution in [1.29, 1.82) is 0 Å². The molecule has 0 spiro atoms. The number of benzene rings is 1. The lowest BCUT2D eigenvalue weighted by atomic mass is 9.97. The van der Waals surface area contributed by atoms with E-state index in [9.17, 15) is 17.9 Å². The molecule has 1 aromatic rings. The van der Waals surface area contributed by atoms with Crippen molar-refractivity contribution in [3.63, 3.8) is 0 Å². The normalized spacial score (nSPS) is 23.7. The second-order valence-corrected chi connectivity index (χ2v) is 6.65. The summed E-state index contributed by atoms with van der Waals surface area (Å²) in [4.78, 5) is -0.325. The van der Waals surface area contributed by atoms with Crippen LogP contribution in [0.1, 0.15) is 19.3 Å². The highest BCUT2D eigenvalue weighted by atomic mass is 32.2. The fourth-order valence-corrected chi connectivity index (χ4v) is 3.75. The van der Waals surface area contributed by atoms with Gasteiger partial charge in [0.15, 0.2) is 0 Å². The summed E-state index contributed by atoms with van der Waals surface area (Å²) in [5.41, 5.74) is 0. The molecule has 0 aliphatic heterocycles. The fourth-order valence-electron chi connectivity index (χ4n) is 2.58. The molecule has 2 unspecified atom stereocenters. The zero-order chi connectivity index (χ0) is 13.9. The van der Waals surface area contributed by atoms with Gasteiger partial charge in [-0.2, -0.15) is 0 Å². The van der Waals surface area contributed by atoms with Crippen molar-refractivity contribution in [3.8, 4) is 0 Å². The van der Waals surface area contributed by atoms with E-state index < -0.39 is 15.8 Å². The smallest absolute Gasteiger partial charge is 0.243 e. The Balaban J connectivity index is 2.04. The Morgan fingerprint density at radius 3 is 2.63 bits per heavy atom. The predicted molar refractivity (Wildman–Crippen MR) is 69.5 cm³/mol. The molecule has 1 aromatic carbocycles. The van der Waals surface area contributed by atoms with Crippen LogP contribution in [0.4, 0.5) is 4.39 Å². The van der Waals surface area contributed by atoms with Gasteiger partial charge in [0, 0.05) is 13.2 Å². The van der Waals surface area contributed by atoms with Gasteiger partial charge in [-0.3, -0.25) is 0 Å². The second-order valence-electron chi connectivity index (χ2n) is 4.92. The average molecular weight is 287 g/mol. The van der Waals surface area contributed by atoms with Gasteiger partial charge in [0.25, 0.3) is 0 Å². The number of nitrogens with one attached hydrogen (secondary N) is 1. The lowest BCUT2D eigenvalue weighted by molar-refractivity contribution is 0.195. The van der Waals surface area contributed by atoms with Crippen LogP contribution in [0.25, 0.3) is 0 Å². The molecule has 2 N–H and O–H groups in total. The van der Waals surface area contributed by atoms with Crippen molar-refractivity contribution >= 4 is 10.0 Å². The first-order valence-corrected chi connectivity index (χ1v) is 7.88. The Morgan fingerprint density at radius 2 is 1.95 bits per heavy atom. The maximum atomic E-state index is 13.5. The fraction of sp³-hybridized carbons (Fsp3) is 0.538. The van der Waals surface area contributed by atoms with E-state index in [0.717, 1.165) is 25.3 Å². The molecule has 1 fully saturated rings. The molecule has 0 bridgehead atoms. The molecule has 0 aromatic heterocycles. The lowest BCUT2D eigenvalue weighted by Gasteiger charge is -2.17. The van der Waals surface area contributed by atoms with Crippen LogP contribution < -0.4 is 4.72 Å². The van der Waals surface area contributed by atoms with E-state index in [1.54, 1.807) is 0 Å². The summed E-state index contributed by atoms with van der Waals surface area (Å²) in [6.07, 6.45) is 2.81. The van der Waals surface area contributed by atoms with E-state index in [4.69, 9.17) is 0 Å². The van der Waals surface area contributed by atoms with Crippen molar-refractivity contribution in [2.24, 2.45) is 11.8 Å². The van der Waals surface area contributed by atoms with Gasteiger partial charge in [-0.15, -0.1) is 0 Å². The van der Waals surface area contributed by atoms with Crippen molar-refractivity contribution in [2.45, 2.75) is 24.2 Å². The monoisotopic (exact) mass is 287 g/mol. The highest BCUT2D eigenvalue weighted by molar-refractivity contribution is 7.89. The molecule has 19 heavy (non-hydrogen) atoms. The van der Waals surface area contributed by atoms with Gasteiger partial charge in [0.1, 0.15) is 10.7 Å². The topological polar surface area (TPSA) is 66.4 Å². The molecule has 0 amide bonds. The molecule has 1 saturated carbocycles. The van der Waals surface area contributed by atoms with Gasteiger partial charge >= 0.3 is 0 Å². The van der Waals surface area contributed by atoms with Gasteiger partial charge in [-0.1, -0.05) is 18.6 Å². The van der Waals surface area contributed by atoms with Crippen LogP contribution in [-0.2, 0) is 10.0 Å². The van der Waals surface area contributed by atoms with Gasteiger partial charge < -0.3 is 5.11 Å². The standard InChI is InChI=1S/C13H18FNO3S/c14-12-6-1-2-7-13(12)19(17,18)15-8-10-4-3-5-11(10)9-16/h1-2,6-7,10-11,15-16H,3-5,8-9H2. The van der Waals surface area contributed by atoms with Gasteiger partial charge in [0.05, 0.1) is 0 Å². The summed E-state index contributed by atoms with van der Waals surface area (Å²) in [5.74, 6) is -0.477. The first-order chi connectivity index (χ1) is 9.04. The largest absolute Gasteiger partial charge is 0.396 e. The summed E-state index contributed by atoms with van der Waals surface area (Å²) >= 11 is 0.